The highest BCUT2D eigenvalue weighted by molar-refractivity contribution is 5.48. The molecule has 2 fully saturated rings. The number of rotatable bonds is 0. The highest BCUT2D eigenvalue weighted by Crippen LogP contribution is 2.56. The van der Waals surface area contributed by atoms with Crippen LogP contribution in [0.3, 0.4) is 0 Å². The van der Waals surface area contributed by atoms with Gasteiger partial charge in [-0.3, -0.25) is 0 Å². The Balaban J connectivity index is 1.77. The quantitative estimate of drug-likeness (QED) is 0.658. The number of benzene rings is 1. The molecule has 2 heteroatoms. The fourth-order valence-corrected chi connectivity index (χ4v) is 3.97. The standard InChI is InChI=1S/C14H14O2/c1-2-12-8-6-10-9(5-7(8)11(1)15-12)13-3-4-14(10)16-13/h5-6,11-14H,1-4H2/t11-,12-,13-,14+/m0/s1. The van der Waals surface area contributed by atoms with Crippen molar-refractivity contribution < 1.29 is 9.47 Å². The summed E-state index contributed by atoms with van der Waals surface area (Å²) in [6, 6.07) is 4.77. The topological polar surface area (TPSA) is 18.5 Å². The van der Waals surface area contributed by atoms with Gasteiger partial charge in [0.15, 0.2) is 0 Å². The molecule has 16 heavy (non-hydrogen) atoms. The van der Waals surface area contributed by atoms with Crippen LogP contribution in [0.25, 0.3) is 0 Å². The first-order chi connectivity index (χ1) is 7.90. The predicted molar refractivity (Wildman–Crippen MR) is 58.0 cm³/mol. The second kappa shape index (κ2) is 2.52. The van der Waals surface area contributed by atoms with Gasteiger partial charge >= 0.3 is 0 Å². The maximum Gasteiger partial charge on any atom is 0.0838 e. The first-order valence-corrected chi connectivity index (χ1v) is 6.39. The molecule has 0 spiro atoms. The zero-order valence-corrected chi connectivity index (χ0v) is 9.11. The second-order valence-corrected chi connectivity index (χ2v) is 5.49. The average Bonchev–Trinajstić information content (AvgIpc) is 3.07. The van der Waals surface area contributed by atoms with Gasteiger partial charge in [-0.15, -0.1) is 0 Å². The summed E-state index contributed by atoms with van der Waals surface area (Å²) < 4.78 is 11.9. The van der Waals surface area contributed by atoms with Crippen LogP contribution in [0, 0.1) is 0 Å². The lowest BCUT2D eigenvalue weighted by Crippen LogP contribution is -2.04. The third-order valence-electron chi connectivity index (χ3n) is 4.72. The highest BCUT2D eigenvalue weighted by atomic mass is 16.5. The van der Waals surface area contributed by atoms with Crippen LogP contribution in [0.15, 0.2) is 12.1 Å². The molecule has 4 aliphatic rings. The molecular formula is C14H14O2. The van der Waals surface area contributed by atoms with E-state index in [4.69, 9.17) is 9.47 Å². The maximum absolute atomic E-state index is 5.97. The van der Waals surface area contributed by atoms with E-state index in [0.717, 1.165) is 0 Å². The third kappa shape index (κ3) is 0.802. The SMILES string of the molecule is c1c2c(cc3c1[C@@H]1CC[C@H]3O1)[C@@H]1CC[C@@H]2O1. The summed E-state index contributed by atoms with van der Waals surface area (Å²) in [7, 11) is 0. The Bertz CT molecular complexity index is 410. The van der Waals surface area contributed by atoms with Crippen LogP contribution in [0.4, 0.5) is 0 Å². The van der Waals surface area contributed by atoms with E-state index in [-0.39, 0.29) is 0 Å². The molecule has 4 atom stereocenters. The molecule has 0 saturated carbocycles. The molecule has 0 radical (unpaired) electrons. The zero-order valence-electron chi connectivity index (χ0n) is 9.11. The molecule has 1 aromatic rings. The van der Waals surface area contributed by atoms with Crippen molar-refractivity contribution in [3.63, 3.8) is 0 Å². The van der Waals surface area contributed by atoms with E-state index in [1.54, 1.807) is 0 Å². The van der Waals surface area contributed by atoms with E-state index in [0.29, 0.717) is 24.4 Å². The van der Waals surface area contributed by atoms with Crippen molar-refractivity contribution in [1.82, 2.24) is 0 Å². The maximum atomic E-state index is 5.97. The van der Waals surface area contributed by atoms with Gasteiger partial charge in [-0.25, -0.2) is 0 Å². The van der Waals surface area contributed by atoms with E-state index in [1.807, 2.05) is 0 Å². The van der Waals surface area contributed by atoms with E-state index < -0.39 is 0 Å². The van der Waals surface area contributed by atoms with Crippen LogP contribution in [0.1, 0.15) is 72.4 Å². The van der Waals surface area contributed by atoms with Crippen LogP contribution in [-0.2, 0) is 9.47 Å². The van der Waals surface area contributed by atoms with Gasteiger partial charge in [-0.1, -0.05) is 0 Å². The number of hydrogen-bond acceptors (Lipinski definition) is 2. The van der Waals surface area contributed by atoms with Crippen LogP contribution >= 0.6 is 0 Å². The van der Waals surface area contributed by atoms with E-state index in [1.165, 1.54) is 47.9 Å². The second-order valence-electron chi connectivity index (χ2n) is 5.49. The molecule has 1 aromatic carbocycles. The largest absolute Gasteiger partial charge is 0.366 e. The zero-order chi connectivity index (χ0) is 10.3. The van der Waals surface area contributed by atoms with Crippen molar-refractivity contribution >= 4 is 0 Å². The summed E-state index contributed by atoms with van der Waals surface area (Å²) >= 11 is 0. The first kappa shape index (κ1) is 8.26. The summed E-state index contributed by atoms with van der Waals surface area (Å²) in [5.41, 5.74) is 5.86. The molecule has 5 rings (SSSR count). The molecule has 82 valence electrons. The summed E-state index contributed by atoms with van der Waals surface area (Å²) in [5, 5.41) is 0. The van der Waals surface area contributed by atoms with Gasteiger partial charge in [0.05, 0.1) is 24.4 Å². The van der Waals surface area contributed by atoms with Gasteiger partial charge in [0, 0.05) is 0 Å². The normalized spacial score (nSPS) is 41.5. The van der Waals surface area contributed by atoms with Crippen molar-refractivity contribution in [3.8, 4) is 0 Å². The van der Waals surface area contributed by atoms with Gasteiger partial charge in [0.2, 0.25) is 0 Å². The highest BCUT2D eigenvalue weighted by Gasteiger charge is 2.43. The van der Waals surface area contributed by atoms with Crippen LogP contribution in [-0.4, -0.2) is 0 Å². The summed E-state index contributed by atoms with van der Waals surface area (Å²) in [5.74, 6) is 0. The average molecular weight is 214 g/mol. The minimum atomic E-state index is 0.393. The molecule has 2 nitrogen and oxygen atoms in total. The lowest BCUT2D eigenvalue weighted by atomic mass is 9.83. The molecule has 4 aliphatic heterocycles. The van der Waals surface area contributed by atoms with Crippen LogP contribution < -0.4 is 0 Å². The van der Waals surface area contributed by atoms with Crippen molar-refractivity contribution in [2.24, 2.45) is 0 Å². The van der Waals surface area contributed by atoms with Crippen molar-refractivity contribution in [3.05, 3.63) is 34.4 Å². The van der Waals surface area contributed by atoms with Crippen molar-refractivity contribution in [1.29, 1.82) is 0 Å². The van der Waals surface area contributed by atoms with Gasteiger partial charge < -0.3 is 9.47 Å². The van der Waals surface area contributed by atoms with E-state index >= 15 is 0 Å². The first-order valence-electron chi connectivity index (χ1n) is 6.39. The molecule has 0 N–H and O–H groups in total. The van der Waals surface area contributed by atoms with Crippen molar-refractivity contribution in [2.75, 3.05) is 0 Å². The van der Waals surface area contributed by atoms with Gasteiger partial charge in [0.1, 0.15) is 0 Å². The smallest absolute Gasteiger partial charge is 0.0838 e. The molecule has 0 unspecified atom stereocenters. The van der Waals surface area contributed by atoms with Crippen LogP contribution in [0.2, 0.25) is 0 Å². The monoisotopic (exact) mass is 214 g/mol. The Kier molecular flexibility index (Phi) is 1.30. The lowest BCUT2D eigenvalue weighted by Gasteiger charge is -2.17. The Morgan fingerprint density at radius 3 is 1.25 bits per heavy atom. The number of hydrogen-bond donors (Lipinski definition) is 0. The molecule has 4 bridgehead atoms. The van der Waals surface area contributed by atoms with Crippen LogP contribution in [0.5, 0.6) is 0 Å². The van der Waals surface area contributed by atoms with Gasteiger partial charge in [-0.2, -0.15) is 0 Å². The minimum Gasteiger partial charge on any atom is -0.366 e. The summed E-state index contributed by atoms with van der Waals surface area (Å²) in [6.07, 6.45) is 6.43. The third-order valence-corrected chi connectivity index (χ3v) is 4.72. The summed E-state index contributed by atoms with van der Waals surface area (Å²) in [6.45, 7) is 0. The molecule has 0 aromatic heterocycles. The van der Waals surface area contributed by atoms with Gasteiger partial charge in [0.25, 0.3) is 0 Å². The van der Waals surface area contributed by atoms with Gasteiger partial charge in [-0.05, 0) is 60.1 Å². The predicted octanol–water partition coefficient (Wildman–Crippen LogP) is 3.50. The summed E-state index contributed by atoms with van der Waals surface area (Å²) in [4.78, 5) is 0. The molecule has 2 saturated heterocycles. The Morgan fingerprint density at radius 2 is 0.938 bits per heavy atom. The molecular weight excluding hydrogens is 200 g/mol. The fourth-order valence-electron chi connectivity index (χ4n) is 3.97. The van der Waals surface area contributed by atoms with E-state index in [2.05, 4.69) is 12.1 Å². The Morgan fingerprint density at radius 1 is 0.625 bits per heavy atom. The number of fused-ring (bicyclic) bond motifs is 10. The number of ether oxygens (including phenoxy) is 2. The van der Waals surface area contributed by atoms with E-state index in [9.17, 15) is 0 Å². The Hall–Kier alpha value is -0.860. The molecule has 0 aliphatic carbocycles. The Labute approximate surface area is 94.6 Å². The lowest BCUT2D eigenvalue weighted by molar-refractivity contribution is 0.0678. The molecule has 0 amide bonds. The fraction of sp³-hybridized carbons (Fsp3) is 0.571. The van der Waals surface area contributed by atoms with Crippen molar-refractivity contribution in [2.45, 2.75) is 50.1 Å². The minimum absolute atomic E-state index is 0.393. The molecule has 4 heterocycles.